The highest BCUT2D eigenvalue weighted by atomic mass is 127. The molecule has 0 aromatic rings. The van der Waals surface area contributed by atoms with E-state index in [0.717, 1.165) is 45.2 Å². The second-order valence-electron chi connectivity index (χ2n) is 6.92. The second kappa shape index (κ2) is 13.9. The molecule has 1 aliphatic heterocycles. The first-order valence-electron chi connectivity index (χ1n) is 9.52. The Morgan fingerprint density at radius 2 is 1.89 bits per heavy atom. The summed E-state index contributed by atoms with van der Waals surface area (Å²) in [5.74, 6) is 1.43. The van der Waals surface area contributed by atoms with Gasteiger partial charge >= 0.3 is 0 Å². The predicted molar refractivity (Wildman–Crippen MR) is 123 cm³/mol. The molecule has 0 aromatic carbocycles. The lowest BCUT2D eigenvalue weighted by molar-refractivity contribution is 0.00752. The van der Waals surface area contributed by atoms with Crippen molar-refractivity contribution in [2.45, 2.75) is 33.2 Å². The molecule has 0 amide bonds. The Labute approximate surface area is 182 Å². The van der Waals surface area contributed by atoms with E-state index in [1.54, 1.807) is 21.0 Å². The Morgan fingerprint density at radius 3 is 2.41 bits per heavy atom. The molecule has 1 fully saturated rings. The van der Waals surface area contributed by atoms with Gasteiger partial charge in [-0.15, -0.1) is 24.0 Å². The van der Waals surface area contributed by atoms with Crippen molar-refractivity contribution in [1.29, 1.82) is 0 Å². The molecule has 0 aromatic heterocycles. The Balaban J connectivity index is 0.00000676. The highest BCUT2D eigenvalue weighted by Crippen LogP contribution is 2.12. The van der Waals surface area contributed by atoms with Gasteiger partial charge in [0.25, 0.3) is 0 Å². The molecule has 8 nitrogen and oxygen atoms in total. The molecule has 0 aliphatic carbocycles. The zero-order chi connectivity index (χ0) is 19.6. The molecule has 1 saturated heterocycles. The molecule has 0 bridgehead atoms. The van der Waals surface area contributed by atoms with E-state index in [0.29, 0.717) is 25.0 Å². The highest BCUT2D eigenvalue weighted by molar-refractivity contribution is 14.0. The fourth-order valence-corrected chi connectivity index (χ4v) is 3.83. The van der Waals surface area contributed by atoms with E-state index in [-0.39, 0.29) is 29.7 Å². The van der Waals surface area contributed by atoms with Crippen molar-refractivity contribution in [1.82, 2.24) is 19.8 Å². The van der Waals surface area contributed by atoms with Gasteiger partial charge in [-0.1, -0.05) is 13.8 Å². The lowest BCUT2D eigenvalue weighted by Crippen LogP contribution is -2.52. The van der Waals surface area contributed by atoms with Gasteiger partial charge in [-0.25, -0.2) is 12.7 Å². The van der Waals surface area contributed by atoms with Crippen LogP contribution in [0.15, 0.2) is 4.99 Å². The molecule has 0 radical (unpaired) electrons. The summed E-state index contributed by atoms with van der Waals surface area (Å²) in [5.41, 5.74) is 0. The van der Waals surface area contributed by atoms with Crippen LogP contribution in [0.4, 0.5) is 0 Å². The van der Waals surface area contributed by atoms with Crippen molar-refractivity contribution in [3.05, 3.63) is 0 Å². The Bertz CT molecular complexity index is 525. The van der Waals surface area contributed by atoms with Crippen molar-refractivity contribution in [3.63, 3.8) is 0 Å². The van der Waals surface area contributed by atoms with Crippen molar-refractivity contribution in [3.8, 4) is 0 Å². The Kier molecular flexibility index (Phi) is 13.8. The minimum absolute atomic E-state index is 0. The van der Waals surface area contributed by atoms with Gasteiger partial charge in [0.2, 0.25) is 10.0 Å². The minimum Gasteiger partial charge on any atom is -0.379 e. The molecule has 1 aliphatic rings. The number of ether oxygens (including phenoxy) is 1. The van der Waals surface area contributed by atoms with Crippen LogP contribution in [-0.4, -0.2) is 95.4 Å². The maximum Gasteiger partial charge on any atom is 0.213 e. The largest absolute Gasteiger partial charge is 0.379 e. The van der Waals surface area contributed by atoms with E-state index in [4.69, 9.17) is 4.74 Å². The van der Waals surface area contributed by atoms with Crippen molar-refractivity contribution >= 4 is 40.0 Å². The summed E-state index contributed by atoms with van der Waals surface area (Å²) in [7, 11) is 0.275. The number of rotatable bonds is 10. The average molecular weight is 519 g/mol. The predicted octanol–water partition coefficient (Wildman–Crippen LogP) is 0.798. The highest BCUT2D eigenvalue weighted by Gasteiger charge is 2.23. The van der Waals surface area contributed by atoms with Crippen LogP contribution in [0, 0.1) is 5.92 Å². The van der Waals surface area contributed by atoms with Crippen LogP contribution in [0.25, 0.3) is 0 Å². The van der Waals surface area contributed by atoms with Gasteiger partial charge in [0.15, 0.2) is 5.96 Å². The number of aliphatic imine (C=N–C) groups is 1. The van der Waals surface area contributed by atoms with E-state index >= 15 is 0 Å². The van der Waals surface area contributed by atoms with Crippen LogP contribution in [-0.2, 0) is 14.8 Å². The van der Waals surface area contributed by atoms with Crippen molar-refractivity contribution < 1.29 is 13.2 Å². The van der Waals surface area contributed by atoms with E-state index in [9.17, 15) is 8.42 Å². The van der Waals surface area contributed by atoms with Gasteiger partial charge in [-0.2, -0.15) is 0 Å². The summed E-state index contributed by atoms with van der Waals surface area (Å²) >= 11 is 0. The number of halogens is 1. The molecule has 0 saturated carbocycles. The first kappa shape index (κ1) is 26.8. The fraction of sp³-hybridized carbons (Fsp3) is 0.941. The number of nitrogens with one attached hydrogen (secondary N) is 2. The van der Waals surface area contributed by atoms with Gasteiger partial charge in [0.05, 0.1) is 19.0 Å². The van der Waals surface area contributed by atoms with E-state index in [1.165, 1.54) is 4.31 Å². The van der Waals surface area contributed by atoms with Gasteiger partial charge < -0.3 is 15.4 Å². The van der Waals surface area contributed by atoms with E-state index < -0.39 is 10.0 Å². The summed E-state index contributed by atoms with van der Waals surface area (Å²) in [5, 5.41) is 6.67. The van der Waals surface area contributed by atoms with Gasteiger partial charge in [0, 0.05) is 52.9 Å². The standard InChI is InChI=1S/C17H37N5O3S.HI/c1-6-26(23,24)21(5)9-7-8-19-17(18-4)20-14-16(15(2)3)22-10-12-25-13-11-22;/h15-16H,6-14H2,1-5H3,(H2,18,19,20);1H. The third-order valence-corrected chi connectivity index (χ3v) is 6.63. The molecule has 0 spiro atoms. The molecular weight excluding hydrogens is 481 g/mol. The molecular formula is C17H38IN5O3S. The van der Waals surface area contributed by atoms with Crippen molar-refractivity contribution in [2.75, 3.05) is 65.8 Å². The number of morpholine rings is 1. The number of guanidine groups is 1. The molecule has 27 heavy (non-hydrogen) atoms. The van der Waals surface area contributed by atoms with Crippen LogP contribution in [0.5, 0.6) is 0 Å². The van der Waals surface area contributed by atoms with Crippen LogP contribution in [0.2, 0.25) is 0 Å². The second-order valence-corrected chi connectivity index (χ2v) is 9.28. The maximum atomic E-state index is 11.7. The third kappa shape index (κ3) is 9.73. The molecule has 1 rings (SSSR count). The fourth-order valence-electron chi connectivity index (χ4n) is 2.99. The van der Waals surface area contributed by atoms with Gasteiger partial charge in [0.1, 0.15) is 0 Å². The summed E-state index contributed by atoms with van der Waals surface area (Å²) in [6.07, 6.45) is 0.730. The number of nitrogens with zero attached hydrogens (tertiary/aromatic N) is 3. The lowest BCUT2D eigenvalue weighted by Gasteiger charge is -2.37. The van der Waals surface area contributed by atoms with E-state index in [2.05, 4.69) is 34.4 Å². The van der Waals surface area contributed by atoms with E-state index in [1.807, 2.05) is 0 Å². The SMILES string of the molecule is CCS(=O)(=O)N(C)CCCNC(=NC)NCC(C(C)C)N1CCOCC1.I. The molecule has 2 N–H and O–H groups in total. The molecule has 162 valence electrons. The monoisotopic (exact) mass is 519 g/mol. The van der Waals surface area contributed by atoms with Crippen LogP contribution < -0.4 is 10.6 Å². The number of hydrogen-bond donors (Lipinski definition) is 2. The first-order chi connectivity index (χ1) is 12.3. The molecule has 1 unspecified atom stereocenters. The van der Waals surface area contributed by atoms with Crippen LogP contribution >= 0.6 is 24.0 Å². The number of hydrogen-bond acceptors (Lipinski definition) is 5. The lowest BCUT2D eigenvalue weighted by atomic mass is 10.0. The average Bonchev–Trinajstić information content (AvgIpc) is 2.63. The molecule has 1 heterocycles. The van der Waals surface area contributed by atoms with Crippen LogP contribution in [0.3, 0.4) is 0 Å². The maximum absolute atomic E-state index is 11.7. The summed E-state index contributed by atoms with van der Waals surface area (Å²) in [4.78, 5) is 6.74. The number of sulfonamides is 1. The topological polar surface area (TPSA) is 86.3 Å². The quantitative estimate of drug-likeness (QED) is 0.192. The summed E-state index contributed by atoms with van der Waals surface area (Å²) in [6.45, 7) is 11.7. The van der Waals surface area contributed by atoms with Gasteiger partial charge in [-0.05, 0) is 19.3 Å². The molecule has 1 atom stereocenters. The Hall–Kier alpha value is -0.170. The molecule has 10 heteroatoms. The zero-order valence-electron chi connectivity index (χ0n) is 17.4. The van der Waals surface area contributed by atoms with Crippen LogP contribution in [0.1, 0.15) is 27.2 Å². The first-order valence-corrected chi connectivity index (χ1v) is 11.1. The van der Waals surface area contributed by atoms with Gasteiger partial charge in [-0.3, -0.25) is 9.89 Å². The summed E-state index contributed by atoms with van der Waals surface area (Å²) < 4.78 is 30.3. The third-order valence-electron chi connectivity index (χ3n) is 4.77. The Morgan fingerprint density at radius 1 is 1.26 bits per heavy atom. The van der Waals surface area contributed by atoms with Crippen molar-refractivity contribution in [2.24, 2.45) is 10.9 Å². The normalized spacial score (nSPS) is 17.7. The smallest absolute Gasteiger partial charge is 0.213 e. The zero-order valence-corrected chi connectivity index (χ0v) is 20.5. The minimum atomic E-state index is -3.10. The summed E-state index contributed by atoms with van der Waals surface area (Å²) in [6, 6.07) is 0.429.